The number of alkyl halides is 1. The molecule has 2 aliphatic heterocycles. The molecule has 0 aromatic heterocycles. The van der Waals surface area contributed by atoms with Crippen molar-refractivity contribution in [1.29, 1.82) is 0 Å². The number of fused-ring (bicyclic) bond motifs is 2. The van der Waals surface area contributed by atoms with E-state index in [1.165, 1.54) is 7.11 Å². The number of ether oxygens (including phenoxy) is 3. The summed E-state index contributed by atoms with van der Waals surface area (Å²) in [5.74, 6) is -0.142. The zero-order valence-corrected chi connectivity index (χ0v) is 18.2. The second-order valence-corrected chi connectivity index (χ2v) is 8.19. The summed E-state index contributed by atoms with van der Waals surface area (Å²) in [6, 6.07) is 9.31. The van der Waals surface area contributed by atoms with Gasteiger partial charge in [-0.15, -0.1) is 0 Å². The van der Waals surface area contributed by atoms with Crippen LogP contribution >= 0.6 is 0 Å². The molecule has 0 radical (unpaired) electrons. The van der Waals surface area contributed by atoms with E-state index in [-0.39, 0.29) is 36.3 Å². The zero-order chi connectivity index (χ0) is 22.0. The zero-order valence-electron chi connectivity index (χ0n) is 18.2. The molecule has 0 amide bonds. The molecular weight excluding hydrogens is 402 g/mol. The van der Waals surface area contributed by atoms with Crippen molar-refractivity contribution >= 4 is 0 Å². The second kappa shape index (κ2) is 9.61. The van der Waals surface area contributed by atoms with E-state index in [9.17, 15) is 4.39 Å². The molecule has 4 atom stereocenters. The Bertz CT molecular complexity index is 924. The van der Waals surface area contributed by atoms with Crippen LogP contribution in [0.15, 0.2) is 30.3 Å². The van der Waals surface area contributed by atoms with E-state index >= 15 is 4.39 Å². The van der Waals surface area contributed by atoms with Crippen LogP contribution in [0.25, 0.3) is 0 Å². The van der Waals surface area contributed by atoms with Crippen molar-refractivity contribution in [3.8, 4) is 5.75 Å². The Morgan fingerprint density at radius 2 is 1.77 bits per heavy atom. The summed E-state index contributed by atoms with van der Waals surface area (Å²) in [4.78, 5) is 0. The Balaban J connectivity index is 1.49. The first-order chi connectivity index (χ1) is 15.0. The number of halogens is 2. The number of likely N-dealkylation sites (N-methyl/N-ethyl adjacent to an activating group) is 1. The highest BCUT2D eigenvalue weighted by atomic mass is 19.1. The number of aryl methyl sites for hydroxylation is 1. The lowest BCUT2D eigenvalue weighted by Crippen LogP contribution is -2.36. The van der Waals surface area contributed by atoms with Gasteiger partial charge in [-0.2, -0.15) is 0 Å². The fourth-order valence-corrected chi connectivity index (χ4v) is 4.69. The molecule has 2 heterocycles. The van der Waals surface area contributed by atoms with Crippen molar-refractivity contribution in [2.75, 3.05) is 47.0 Å². The first kappa shape index (κ1) is 22.1. The minimum absolute atomic E-state index is 0.00244. The fourth-order valence-electron chi connectivity index (χ4n) is 4.69. The quantitative estimate of drug-likeness (QED) is 0.695. The predicted molar refractivity (Wildman–Crippen MR) is 115 cm³/mol. The third kappa shape index (κ3) is 4.32. The summed E-state index contributed by atoms with van der Waals surface area (Å²) < 4.78 is 46.3. The summed E-state index contributed by atoms with van der Waals surface area (Å²) in [6.07, 6.45) is -1.66. The van der Waals surface area contributed by atoms with Crippen molar-refractivity contribution in [2.24, 2.45) is 0 Å². The smallest absolute Gasteiger partial charge is 0.171 e. The topological polar surface area (TPSA) is 51.8 Å². The molecular formula is C24H30F2N2O3. The first-order valence-corrected chi connectivity index (χ1v) is 10.7. The highest BCUT2D eigenvalue weighted by Gasteiger charge is 2.33. The monoisotopic (exact) mass is 432 g/mol. The largest absolute Gasteiger partial charge is 0.494 e. The lowest BCUT2D eigenvalue weighted by atomic mass is 9.88. The first-order valence-electron chi connectivity index (χ1n) is 10.7. The van der Waals surface area contributed by atoms with E-state index in [1.54, 1.807) is 6.07 Å². The summed E-state index contributed by atoms with van der Waals surface area (Å²) in [6.45, 7) is 4.21. The van der Waals surface area contributed by atoms with Crippen molar-refractivity contribution in [3.63, 3.8) is 0 Å². The van der Waals surface area contributed by atoms with Crippen LogP contribution in [-0.2, 0) is 9.47 Å². The Morgan fingerprint density at radius 3 is 2.55 bits per heavy atom. The third-order valence-corrected chi connectivity index (χ3v) is 6.23. The van der Waals surface area contributed by atoms with Crippen LogP contribution in [-0.4, -0.2) is 47.0 Å². The van der Waals surface area contributed by atoms with Gasteiger partial charge in [0, 0.05) is 31.1 Å². The molecule has 4 rings (SSSR count). The van der Waals surface area contributed by atoms with Gasteiger partial charge in [-0.05, 0) is 42.3 Å². The minimum atomic E-state index is -1.09. The highest BCUT2D eigenvalue weighted by Crippen LogP contribution is 2.39. The van der Waals surface area contributed by atoms with Gasteiger partial charge in [0.15, 0.2) is 11.6 Å². The third-order valence-electron chi connectivity index (χ3n) is 6.23. The number of hydrogen-bond donors (Lipinski definition) is 2. The summed E-state index contributed by atoms with van der Waals surface area (Å²) in [7, 11) is 3.29. The van der Waals surface area contributed by atoms with Gasteiger partial charge in [-0.3, -0.25) is 0 Å². The SMILES string of the molecule is CNC[C@@H]1OCC(CNC[C@@H]2OC[C@H](F)c3cccc(C)c32)c2ccc(OC)c(F)c21. The maximum atomic E-state index is 15.1. The normalized spacial score (nSPS) is 25.1. The summed E-state index contributed by atoms with van der Waals surface area (Å²) in [5.41, 5.74) is 4.17. The van der Waals surface area contributed by atoms with E-state index in [0.717, 1.165) is 16.7 Å². The standard InChI is InChI=1S/C24H30F2N2O3/c1-14-5-4-6-17-18(25)13-31-21(22(14)17)11-28-9-15-12-30-20(10-27-2)23-16(15)7-8-19(29-3)24(23)26/h4-8,15,18,20-21,27-28H,9-13H2,1-3H3/t15?,18-,20-,21-/m0/s1. The second-order valence-electron chi connectivity index (χ2n) is 8.19. The minimum Gasteiger partial charge on any atom is -0.494 e. The average Bonchev–Trinajstić information content (AvgIpc) is 2.77. The van der Waals surface area contributed by atoms with Crippen LogP contribution in [0.5, 0.6) is 5.75 Å². The molecule has 0 bridgehead atoms. The van der Waals surface area contributed by atoms with Crippen molar-refractivity contribution < 1.29 is 23.0 Å². The van der Waals surface area contributed by atoms with Gasteiger partial charge < -0.3 is 24.8 Å². The van der Waals surface area contributed by atoms with E-state index in [1.807, 2.05) is 38.2 Å². The number of methoxy groups -OCH3 is 1. The molecule has 2 aromatic rings. The molecule has 2 aliphatic rings. The van der Waals surface area contributed by atoms with Crippen LogP contribution in [0.4, 0.5) is 8.78 Å². The van der Waals surface area contributed by atoms with E-state index in [2.05, 4.69) is 10.6 Å². The number of hydrogen-bond acceptors (Lipinski definition) is 5. The molecule has 0 fully saturated rings. The molecule has 2 N–H and O–H groups in total. The molecule has 2 aromatic carbocycles. The molecule has 31 heavy (non-hydrogen) atoms. The van der Waals surface area contributed by atoms with Crippen LogP contribution < -0.4 is 15.4 Å². The molecule has 168 valence electrons. The van der Waals surface area contributed by atoms with Gasteiger partial charge in [0.25, 0.3) is 0 Å². The van der Waals surface area contributed by atoms with Gasteiger partial charge in [0.05, 0.1) is 32.5 Å². The Labute approximate surface area is 182 Å². The van der Waals surface area contributed by atoms with Crippen LogP contribution in [0.2, 0.25) is 0 Å². The molecule has 0 spiro atoms. The van der Waals surface area contributed by atoms with Gasteiger partial charge in [0.2, 0.25) is 0 Å². The van der Waals surface area contributed by atoms with Crippen LogP contribution in [0.1, 0.15) is 52.1 Å². The van der Waals surface area contributed by atoms with Crippen molar-refractivity contribution in [1.82, 2.24) is 10.6 Å². The Hall–Kier alpha value is -2.06. The van der Waals surface area contributed by atoms with E-state index < -0.39 is 6.17 Å². The molecule has 0 saturated heterocycles. The Morgan fingerprint density at radius 1 is 1.00 bits per heavy atom. The van der Waals surface area contributed by atoms with Crippen LogP contribution in [0, 0.1) is 12.7 Å². The Kier molecular flexibility index (Phi) is 6.86. The lowest BCUT2D eigenvalue weighted by Gasteiger charge is -2.34. The molecule has 0 saturated carbocycles. The highest BCUT2D eigenvalue weighted by molar-refractivity contribution is 5.43. The number of rotatable bonds is 7. The van der Waals surface area contributed by atoms with Crippen molar-refractivity contribution in [2.45, 2.75) is 31.2 Å². The van der Waals surface area contributed by atoms with Gasteiger partial charge in [-0.1, -0.05) is 24.3 Å². The molecule has 0 aliphatic carbocycles. The van der Waals surface area contributed by atoms with Crippen molar-refractivity contribution in [3.05, 3.63) is 64.0 Å². The van der Waals surface area contributed by atoms with Gasteiger partial charge >= 0.3 is 0 Å². The number of nitrogens with one attached hydrogen (secondary N) is 2. The van der Waals surface area contributed by atoms with Crippen LogP contribution in [0.3, 0.4) is 0 Å². The maximum Gasteiger partial charge on any atom is 0.171 e. The predicted octanol–water partition coefficient (Wildman–Crippen LogP) is 3.89. The summed E-state index contributed by atoms with van der Waals surface area (Å²) >= 11 is 0. The lowest BCUT2D eigenvalue weighted by molar-refractivity contribution is -0.00276. The number of benzene rings is 2. The summed E-state index contributed by atoms with van der Waals surface area (Å²) in [5, 5.41) is 6.51. The van der Waals surface area contributed by atoms with Gasteiger partial charge in [0.1, 0.15) is 6.17 Å². The average molecular weight is 433 g/mol. The maximum absolute atomic E-state index is 15.1. The molecule has 5 nitrogen and oxygen atoms in total. The molecule has 1 unspecified atom stereocenters. The fraction of sp³-hybridized carbons (Fsp3) is 0.500. The van der Waals surface area contributed by atoms with Gasteiger partial charge in [-0.25, -0.2) is 8.78 Å². The van der Waals surface area contributed by atoms with E-state index in [0.29, 0.717) is 37.4 Å². The molecule has 7 heteroatoms. The van der Waals surface area contributed by atoms with E-state index in [4.69, 9.17) is 14.2 Å².